The van der Waals surface area contributed by atoms with Crippen molar-refractivity contribution in [2.45, 2.75) is 19.5 Å². The Morgan fingerprint density at radius 2 is 2.05 bits per heavy atom. The first-order chi connectivity index (χ1) is 9.43. The molecule has 0 atom stereocenters. The molecule has 2 N–H and O–H groups in total. The second-order valence-electron chi connectivity index (χ2n) is 4.18. The fourth-order valence-corrected chi connectivity index (χ4v) is 1.68. The lowest BCUT2D eigenvalue weighted by Crippen LogP contribution is -2.08. The summed E-state index contributed by atoms with van der Waals surface area (Å²) in [5, 5.41) is 3.49. The van der Waals surface area contributed by atoms with Crippen LogP contribution in [0.15, 0.2) is 30.5 Å². The van der Waals surface area contributed by atoms with Crippen molar-refractivity contribution in [2.75, 3.05) is 12.3 Å². The van der Waals surface area contributed by atoms with Crippen LogP contribution in [0, 0.1) is 0 Å². The van der Waals surface area contributed by atoms with E-state index in [1.54, 1.807) is 18.2 Å². The van der Waals surface area contributed by atoms with Gasteiger partial charge < -0.3 is 10.5 Å². The average Bonchev–Trinajstić information content (AvgIpc) is 2.87. The standard InChI is InChI=1S/C13H14F3N3O/c1-2-8-20-10-5-3-4-9(12(10)17)19-7-6-11(18-19)13(14,15)16/h3-7H,2,8,17H2,1H3. The summed E-state index contributed by atoms with van der Waals surface area (Å²) in [4.78, 5) is 0. The predicted octanol–water partition coefficient (Wildman–Crippen LogP) is 3.26. The zero-order chi connectivity index (χ0) is 14.8. The molecule has 0 aliphatic carbocycles. The Labute approximate surface area is 114 Å². The third kappa shape index (κ3) is 2.87. The average molecular weight is 285 g/mol. The molecule has 0 radical (unpaired) electrons. The van der Waals surface area contributed by atoms with Gasteiger partial charge in [0.15, 0.2) is 5.69 Å². The lowest BCUT2D eigenvalue weighted by atomic mass is 10.2. The zero-order valence-electron chi connectivity index (χ0n) is 10.8. The molecule has 0 bridgehead atoms. The molecular weight excluding hydrogens is 271 g/mol. The van der Waals surface area contributed by atoms with Gasteiger partial charge in [-0.1, -0.05) is 13.0 Å². The highest BCUT2D eigenvalue weighted by molar-refractivity contribution is 5.66. The van der Waals surface area contributed by atoms with Crippen molar-refractivity contribution in [2.24, 2.45) is 0 Å². The summed E-state index contributed by atoms with van der Waals surface area (Å²) in [5.41, 5.74) is 5.56. The molecule has 0 aliphatic heterocycles. The van der Waals surface area contributed by atoms with Gasteiger partial charge in [-0.15, -0.1) is 0 Å². The third-order valence-corrected chi connectivity index (χ3v) is 2.63. The summed E-state index contributed by atoms with van der Waals surface area (Å²) in [5.74, 6) is 0.438. The predicted molar refractivity (Wildman–Crippen MR) is 68.8 cm³/mol. The first-order valence-electron chi connectivity index (χ1n) is 6.08. The van der Waals surface area contributed by atoms with Crippen molar-refractivity contribution >= 4 is 5.69 Å². The number of nitrogen functional groups attached to an aromatic ring is 1. The minimum atomic E-state index is -4.48. The monoisotopic (exact) mass is 285 g/mol. The SMILES string of the molecule is CCCOc1cccc(-n2ccc(C(F)(F)F)n2)c1N. The fourth-order valence-electron chi connectivity index (χ4n) is 1.68. The lowest BCUT2D eigenvalue weighted by Gasteiger charge is -2.12. The molecule has 4 nitrogen and oxygen atoms in total. The van der Waals surface area contributed by atoms with E-state index in [-0.39, 0.29) is 5.69 Å². The number of anilines is 1. The van der Waals surface area contributed by atoms with Crippen LogP contribution in [-0.2, 0) is 6.18 Å². The summed E-state index contributed by atoms with van der Waals surface area (Å²) in [6.07, 6.45) is -2.45. The Balaban J connectivity index is 2.35. The molecule has 0 saturated carbocycles. The van der Waals surface area contributed by atoms with E-state index in [1.807, 2.05) is 6.92 Å². The van der Waals surface area contributed by atoms with Crippen LogP contribution in [0.1, 0.15) is 19.0 Å². The molecule has 7 heteroatoms. The van der Waals surface area contributed by atoms with Gasteiger partial charge in [-0.05, 0) is 24.6 Å². The van der Waals surface area contributed by atoms with Crippen LogP contribution in [0.25, 0.3) is 5.69 Å². The second kappa shape index (κ2) is 5.44. The molecule has 0 spiro atoms. The molecule has 0 unspecified atom stereocenters. The van der Waals surface area contributed by atoms with Crippen LogP contribution in [-0.4, -0.2) is 16.4 Å². The van der Waals surface area contributed by atoms with Crippen molar-refractivity contribution in [3.63, 3.8) is 0 Å². The molecule has 0 amide bonds. The summed E-state index contributed by atoms with van der Waals surface area (Å²) in [7, 11) is 0. The topological polar surface area (TPSA) is 53.1 Å². The number of ether oxygens (including phenoxy) is 1. The Kier molecular flexibility index (Phi) is 3.87. The number of benzene rings is 1. The van der Waals surface area contributed by atoms with Crippen molar-refractivity contribution in [3.05, 3.63) is 36.2 Å². The normalized spacial score (nSPS) is 11.6. The first kappa shape index (κ1) is 14.2. The lowest BCUT2D eigenvalue weighted by molar-refractivity contribution is -0.141. The number of alkyl halides is 3. The van der Waals surface area contributed by atoms with Gasteiger partial charge in [0.2, 0.25) is 0 Å². The smallest absolute Gasteiger partial charge is 0.435 e. The molecule has 108 valence electrons. The van der Waals surface area contributed by atoms with E-state index < -0.39 is 11.9 Å². The summed E-state index contributed by atoms with van der Waals surface area (Å²) < 4.78 is 44.1. The molecule has 2 rings (SSSR count). The maximum atomic E-state index is 12.5. The first-order valence-corrected chi connectivity index (χ1v) is 6.08. The van der Waals surface area contributed by atoms with Gasteiger partial charge in [0.25, 0.3) is 0 Å². The van der Waals surface area contributed by atoms with E-state index in [4.69, 9.17) is 10.5 Å². The third-order valence-electron chi connectivity index (χ3n) is 2.63. The van der Waals surface area contributed by atoms with Crippen LogP contribution in [0.5, 0.6) is 5.75 Å². The molecular formula is C13H14F3N3O. The van der Waals surface area contributed by atoms with Gasteiger partial charge in [0.1, 0.15) is 11.4 Å². The van der Waals surface area contributed by atoms with Gasteiger partial charge >= 0.3 is 6.18 Å². The van der Waals surface area contributed by atoms with Crippen LogP contribution in [0.3, 0.4) is 0 Å². The number of nitrogens with two attached hydrogens (primary N) is 1. The van der Waals surface area contributed by atoms with E-state index >= 15 is 0 Å². The largest absolute Gasteiger partial charge is 0.491 e. The summed E-state index contributed by atoms with van der Waals surface area (Å²) >= 11 is 0. The van der Waals surface area contributed by atoms with Crippen molar-refractivity contribution in [3.8, 4) is 11.4 Å². The Hall–Kier alpha value is -2.18. The Bertz CT molecular complexity index is 593. The number of para-hydroxylation sites is 1. The Morgan fingerprint density at radius 1 is 1.30 bits per heavy atom. The van der Waals surface area contributed by atoms with E-state index in [2.05, 4.69) is 5.10 Å². The minimum Gasteiger partial charge on any atom is -0.491 e. The molecule has 0 aliphatic rings. The number of hydrogen-bond acceptors (Lipinski definition) is 3. The molecule has 0 saturated heterocycles. The molecule has 1 aromatic heterocycles. The quantitative estimate of drug-likeness (QED) is 0.877. The highest BCUT2D eigenvalue weighted by Gasteiger charge is 2.33. The number of aromatic nitrogens is 2. The summed E-state index contributed by atoms with van der Waals surface area (Å²) in [6.45, 7) is 2.43. The highest BCUT2D eigenvalue weighted by Crippen LogP contribution is 2.31. The van der Waals surface area contributed by atoms with Crippen LogP contribution in [0.2, 0.25) is 0 Å². The van der Waals surface area contributed by atoms with Crippen molar-refractivity contribution < 1.29 is 17.9 Å². The van der Waals surface area contributed by atoms with Crippen LogP contribution < -0.4 is 10.5 Å². The molecule has 0 fully saturated rings. The van der Waals surface area contributed by atoms with Gasteiger partial charge in [-0.25, -0.2) is 4.68 Å². The van der Waals surface area contributed by atoms with E-state index in [0.717, 1.165) is 17.2 Å². The molecule has 1 heterocycles. The number of hydrogen-bond donors (Lipinski definition) is 1. The minimum absolute atomic E-state index is 0.262. The summed E-state index contributed by atoms with van der Waals surface area (Å²) in [6, 6.07) is 5.81. The van der Waals surface area contributed by atoms with E-state index in [0.29, 0.717) is 18.0 Å². The fraction of sp³-hybridized carbons (Fsp3) is 0.308. The van der Waals surface area contributed by atoms with Crippen molar-refractivity contribution in [1.82, 2.24) is 9.78 Å². The van der Waals surface area contributed by atoms with Gasteiger partial charge in [0, 0.05) is 6.20 Å². The maximum absolute atomic E-state index is 12.5. The highest BCUT2D eigenvalue weighted by atomic mass is 19.4. The molecule has 2 aromatic rings. The molecule has 20 heavy (non-hydrogen) atoms. The van der Waals surface area contributed by atoms with Crippen LogP contribution >= 0.6 is 0 Å². The Morgan fingerprint density at radius 3 is 2.65 bits per heavy atom. The second-order valence-corrected chi connectivity index (χ2v) is 4.18. The maximum Gasteiger partial charge on any atom is 0.435 e. The number of rotatable bonds is 4. The number of nitrogens with zero attached hydrogens (tertiary/aromatic N) is 2. The van der Waals surface area contributed by atoms with Crippen molar-refractivity contribution in [1.29, 1.82) is 0 Å². The zero-order valence-corrected chi connectivity index (χ0v) is 10.8. The van der Waals surface area contributed by atoms with E-state index in [9.17, 15) is 13.2 Å². The van der Waals surface area contributed by atoms with Gasteiger partial charge in [0.05, 0.1) is 12.3 Å². The van der Waals surface area contributed by atoms with Gasteiger partial charge in [-0.3, -0.25) is 0 Å². The van der Waals surface area contributed by atoms with Crippen LogP contribution in [0.4, 0.5) is 18.9 Å². The number of halogens is 3. The van der Waals surface area contributed by atoms with Gasteiger partial charge in [-0.2, -0.15) is 18.3 Å². The van der Waals surface area contributed by atoms with E-state index in [1.165, 1.54) is 6.20 Å². The molecule has 1 aromatic carbocycles.